The third kappa shape index (κ3) is 4.22. The Balaban J connectivity index is 1.56. The molecule has 29 heavy (non-hydrogen) atoms. The molecule has 4 aromatic rings. The number of benzene rings is 1. The Kier molecular flexibility index (Phi) is 4.91. The second kappa shape index (κ2) is 7.82. The summed E-state index contributed by atoms with van der Waals surface area (Å²) in [7, 11) is 0. The molecule has 7 nitrogen and oxygen atoms in total. The predicted molar refractivity (Wildman–Crippen MR) is 108 cm³/mol. The van der Waals surface area contributed by atoms with Gasteiger partial charge in [-0.2, -0.15) is 0 Å². The molecule has 142 valence electrons. The SMILES string of the molecule is O=C(O)c1ccc(Cc2cc3ncc(C#CCn4ccnc4)cc3c(=O)[nH]2)cc1. The van der Waals surface area contributed by atoms with Crippen LogP contribution in [0.15, 0.2) is 66.1 Å². The summed E-state index contributed by atoms with van der Waals surface area (Å²) < 4.78 is 1.85. The summed E-state index contributed by atoms with van der Waals surface area (Å²) in [5.41, 5.74) is 2.85. The first-order chi connectivity index (χ1) is 14.1. The number of rotatable bonds is 4. The van der Waals surface area contributed by atoms with Crippen LogP contribution >= 0.6 is 0 Å². The lowest BCUT2D eigenvalue weighted by Crippen LogP contribution is -2.10. The fraction of sp³-hybridized carbons (Fsp3) is 0.0909. The molecule has 3 aromatic heterocycles. The van der Waals surface area contributed by atoms with Gasteiger partial charge in [0.25, 0.3) is 5.56 Å². The Morgan fingerprint density at radius 3 is 2.76 bits per heavy atom. The zero-order chi connectivity index (χ0) is 20.2. The number of H-pyrrole nitrogens is 1. The van der Waals surface area contributed by atoms with Gasteiger partial charge in [0.1, 0.15) is 0 Å². The van der Waals surface area contributed by atoms with Gasteiger partial charge in [0.2, 0.25) is 0 Å². The molecule has 0 spiro atoms. The second-order valence-electron chi connectivity index (χ2n) is 6.50. The number of hydrogen-bond acceptors (Lipinski definition) is 4. The maximum atomic E-state index is 12.5. The molecular formula is C22H16N4O3. The highest BCUT2D eigenvalue weighted by molar-refractivity contribution is 5.87. The van der Waals surface area contributed by atoms with E-state index in [2.05, 4.69) is 26.8 Å². The maximum absolute atomic E-state index is 12.5. The fourth-order valence-electron chi connectivity index (χ4n) is 2.95. The number of nitrogens with one attached hydrogen (secondary N) is 1. The van der Waals surface area contributed by atoms with E-state index in [1.165, 1.54) is 0 Å². The summed E-state index contributed by atoms with van der Waals surface area (Å²) in [6, 6.07) is 10.1. The molecule has 0 aliphatic rings. The molecule has 0 unspecified atom stereocenters. The lowest BCUT2D eigenvalue weighted by Gasteiger charge is -2.05. The van der Waals surface area contributed by atoms with Gasteiger partial charge in [-0.15, -0.1) is 0 Å². The van der Waals surface area contributed by atoms with Gasteiger partial charge in [-0.25, -0.2) is 9.78 Å². The largest absolute Gasteiger partial charge is 0.478 e. The third-order valence-corrected chi connectivity index (χ3v) is 4.40. The Bertz CT molecular complexity index is 1290. The number of carboxylic acid groups (broad SMARTS) is 1. The monoisotopic (exact) mass is 384 g/mol. The van der Waals surface area contributed by atoms with Crippen molar-refractivity contribution in [3.63, 3.8) is 0 Å². The summed E-state index contributed by atoms with van der Waals surface area (Å²) in [4.78, 5) is 34.7. The number of carboxylic acids is 1. The highest BCUT2D eigenvalue weighted by Gasteiger charge is 2.07. The van der Waals surface area contributed by atoms with E-state index in [4.69, 9.17) is 5.11 Å². The number of fused-ring (bicyclic) bond motifs is 1. The summed E-state index contributed by atoms with van der Waals surface area (Å²) >= 11 is 0. The van der Waals surface area contributed by atoms with Crippen LogP contribution in [0.3, 0.4) is 0 Å². The minimum atomic E-state index is -0.969. The summed E-state index contributed by atoms with van der Waals surface area (Å²) in [6.45, 7) is 0.508. The van der Waals surface area contributed by atoms with E-state index in [9.17, 15) is 9.59 Å². The van der Waals surface area contributed by atoms with Crippen LogP contribution < -0.4 is 5.56 Å². The Morgan fingerprint density at radius 2 is 2.03 bits per heavy atom. The molecule has 4 rings (SSSR count). The van der Waals surface area contributed by atoms with Crippen LogP contribution in [0.4, 0.5) is 0 Å². The van der Waals surface area contributed by atoms with Crippen molar-refractivity contribution in [2.45, 2.75) is 13.0 Å². The van der Waals surface area contributed by atoms with Crippen LogP contribution in [-0.4, -0.2) is 30.6 Å². The minimum absolute atomic E-state index is 0.226. The summed E-state index contributed by atoms with van der Waals surface area (Å²) in [5.74, 6) is 5.06. The average molecular weight is 384 g/mol. The van der Waals surface area contributed by atoms with Crippen molar-refractivity contribution in [2.24, 2.45) is 0 Å². The molecule has 0 radical (unpaired) electrons. The van der Waals surface area contributed by atoms with E-state index in [-0.39, 0.29) is 11.1 Å². The van der Waals surface area contributed by atoms with Crippen LogP contribution in [0, 0.1) is 11.8 Å². The third-order valence-electron chi connectivity index (χ3n) is 4.40. The summed E-state index contributed by atoms with van der Waals surface area (Å²) in [5, 5.41) is 9.45. The first kappa shape index (κ1) is 18.2. The van der Waals surface area contributed by atoms with Gasteiger partial charge in [-0.05, 0) is 29.8 Å². The van der Waals surface area contributed by atoms with Crippen LogP contribution in [0.2, 0.25) is 0 Å². The number of imidazole rings is 1. The molecule has 2 N–H and O–H groups in total. The van der Waals surface area contributed by atoms with Crippen molar-refractivity contribution < 1.29 is 9.90 Å². The first-order valence-electron chi connectivity index (χ1n) is 8.87. The molecule has 0 atom stereocenters. The number of nitrogens with zero attached hydrogens (tertiary/aromatic N) is 3. The lowest BCUT2D eigenvalue weighted by molar-refractivity contribution is 0.0697. The zero-order valence-corrected chi connectivity index (χ0v) is 15.3. The number of aromatic nitrogens is 4. The highest BCUT2D eigenvalue weighted by Crippen LogP contribution is 2.13. The minimum Gasteiger partial charge on any atom is -0.478 e. The summed E-state index contributed by atoms with van der Waals surface area (Å²) in [6.07, 6.45) is 7.33. The molecule has 0 bridgehead atoms. The van der Waals surface area contributed by atoms with Gasteiger partial charge < -0.3 is 14.7 Å². The molecule has 0 amide bonds. The molecule has 0 saturated heterocycles. The van der Waals surface area contributed by atoms with Crippen molar-refractivity contribution in [1.82, 2.24) is 19.5 Å². The number of pyridine rings is 2. The second-order valence-corrected chi connectivity index (χ2v) is 6.50. The molecule has 0 aliphatic carbocycles. The topological polar surface area (TPSA) is 101 Å². The highest BCUT2D eigenvalue weighted by atomic mass is 16.4. The lowest BCUT2D eigenvalue weighted by atomic mass is 10.1. The van der Waals surface area contributed by atoms with Crippen LogP contribution in [0.1, 0.15) is 27.2 Å². The van der Waals surface area contributed by atoms with E-state index in [1.807, 2.05) is 16.8 Å². The van der Waals surface area contributed by atoms with E-state index >= 15 is 0 Å². The standard InChI is InChI=1S/C22H16N4O3/c27-21-19-11-16(2-1-8-26-9-7-23-14-26)13-24-20(19)12-18(25-21)10-15-3-5-17(6-4-15)22(28)29/h3-7,9,11-14H,8,10H2,(H,25,27)(H,28,29). The predicted octanol–water partition coefficient (Wildman–Crippen LogP) is 2.46. The Morgan fingerprint density at radius 1 is 1.21 bits per heavy atom. The molecule has 3 heterocycles. The van der Waals surface area contributed by atoms with Gasteiger partial charge in [0.15, 0.2) is 0 Å². The molecular weight excluding hydrogens is 368 g/mol. The normalized spacial score (nSPS) is 10.5. The van der Waals surface area contributed by atoms with E-state index in [0.717, 1.165) is 5.56 Å². The van der Waals surface area contributed by atoms with Crippen molar-refractivity contribution in [3.8, 4) is 11.8 Å². The number of hydrogen-bond donors (Lipinski definition) is 2. The van der Waals surface area contributed by atoms with E-state index in [0.29, 0.717) is 35.1 Å². The van der Waals surface area contributed by atoms with E-state index in [1.54, 1.807) is 49.1 Å². The van der Waals surface area contributed by atoms with Gasteiger partial charge >= 0.3 is 5.97 Å². The first-order valence-corrected chi connectivity index (χ1v) is 8.87. The molecule has 0 aliphatic heterocycles. The zero-order valence-electron chi connectivity index (χ0n) is 15.3. The van der Waals surface area contributed by atoms with Crippen LogP contribution in [0.5, 0.6) is 0 Å². The van der Waals surface area contributed by atoms with Crippen molar-refractivity contribution in [3.05, 3.63) is 94.1 Å². The van der Waals surface area contributed by atoms with E-state index < -0.39 is 5.97 Å². The molecule has 0 fully saturated rings. The average Bonchev–Trinajstić information content (AvgIpc) is 3.22. The quantitative estimate of drug-likeness (QED) is 0.527. The van der Waals surface area contributed by atoms with Crippen LogP contribution in [0.25, 0.3) is 10.9 Å². The van der Waals surface area contributed by atoms with Gasteiger partial charge in [-0.3, -0.25) is 9.78 Å². The fourth-order valence-corrected chi connectivity index (χ4v) is 2.95. The van der Waals surface area contributed by atoms with Crippen molar-refractivity contribution >= 4 is 16.9 Å². The van der Waals surface area contributed by atoms with Gasteiger partial charge in [0.05, 0.1) is 29.3 Å². The molecule has 7 heteroatoms. The molecule has 0 saturated carbocycles. The Labute approximate surface area is 165 Å². The molecule has 1 aromatic carbocycles. The Hall–Kier alpha value is -4.18. The van der Waals surface area contributed by atoms with Crippen molar-refractivity contribution in [2.75, 3.05) is 0 Å². The van der Waals surface area contributed by atoms with Gasteiger partial charge in [0, 0.05) is 36.3 Å². The number of aromatic amines is 1. The maximum Gasteiger partial charge on any atom is 0.335 e. The smallest absolute Gasteiger partial charge is 0.335 e. The number of carbonyl (C=O) groups is 1. The number of aromatic carboxylic acids is 1. The van der Waals surface area contributed by atoms with Gasteiger partial charge in [-0.1, -0.05) is 24.0 Å². The van der Waals surface area contributed by atoms with Crippen molar-refractivity contribution in [1.29, 1.82) is 0 Å². The van der Waals surface area contributed by atoms with Crippen LogP contribution in [-0.2, 0) is 13.0 Å².